The van der Waals surface area contributed by atoms with Crippen molar-refractivity contribution in [1.29, 1.82) is 0 Å². The number of nitrogens with zero attached hydrogens (tertiary/aromatic N) is 3. The largest absolute Gasteiger partial charge is 0.319 e. The molecule has 1 amide bonds. The lowest BCUT2D eigenvalue weighted by Gasteiger charge is -1.96. The number of benzene rings is 1. The molecule has 0 fully saturated rings. The Kier molecular flexibility index (Phi) is 3.62. The van der Waals surface area contributed by atoms with Gasteiger partial charge in [0.25, 0.3) is 5.91 Å². The zero-order chi connectivity index (χ0) is 13.7. The van der Waals surface area contributed by atoms with E-state index in [0.717, 1.165) is 11.8 Å². The number of nitrogens with one attached hydrogen (secondary N) is 2. The van der Waals surface area contributed by atoms with Crippen molar-refractivity contribution in [3.63, 3.8) is 0 Å². The standard InChI is InChI=1S/C11H9N5O3/c17-11(10-9(16(18)19)7-13-14-10)15-12-6-8-4-2-1-3-5-8/h1-7H,(H,13,14)(H,15,17). The third-order valence-corrected chi connectivity index (χ3v) is 2.22. The van der Waals surface area contributed by atoms with Gasteiger partial charge in [0.2, 0.25) is 5.69 Å². The van der Waals surface area contributed by atoms with Crippen LogP contribution in [-0.4, -0.2) is 27.2 Å². The van der Waals surface area contributed by atoms with Crippen LogP contribution in [0, 0.1) is 10.1 Å². The first-order valence-electron chi connectivity index (χ1n) is 5.24. The second-order valence-corrected chi connectivity index (χ2v) is 3.50. The van der Waals surface area contributed by atoms with E-state index in [-0.39, 0.29) is 5.69 Å². The molecule has 0 aliphatic heterocycles. The van der Waals surface area contributed by atoms with Gasteiger partial charge in [0.1, 0.15) is 6.20 Å². The fourth-order valence-electron chi connectivity index (χ4n) is 1.35. The van der Waals surface area contributed by atoms with Crippen LogP contribution in [0.4, 0.5) is 5.69 Å². The Morgan fingerprint density at radius 3 is 2.84 bits per heavy atom. The fraction of sp³-hybridized carbons (Fsp3) is 0. The molecule has 2 aromatic rings. The van der Waals surface area contributed by atoms with E-state index in [0.29, 0.717) is 0 Å². The third-order valence-electron chi connectivity index (χ3n) is 2.22. The van der Waals surface area contributed by atoms with Crippen molar-refractivity contribution in [3.8, 4) is 0 Å². The van der Waals surface area contributed by atoms with Crippen molar-refractivity contribution >= 4 is 17.8 Å². The smallest absolute Gasteiger partial charge is 0.267 e. The Balaban J connectivity index is 2.04. The number of carbonyl (C=O) groups is 1. The van der Waals surface area contributed by atoms with Gasteiger partial charge >= 0.3 is 5.69 Å². The number of rotatable bonds is 4. The monoisotopic (exact) mass is 259 g/mol. The number of aromatic nitrogens is 2. The van der Waals surface area contributed by atoms with Gasteiger partial charge in [0, 0.05) is 0 Å². The van der Waals surface area contributed by atoms with E-state index >= 15 is 0 Å². The number of hydrogen-bond donors (Lipinski definition) is 2. The average Bonchev–Trinajstić information content (AvgIpc) is 2.89. The lowest BCUT2D eigenvalue weighted by atomic mass is 10.2. The molecule has 1 aromatic carbocycles. The van der Waals surface area contributed by atoms with Crippen LogP contribution in [0.3, 0.4) is 0 Å². The number of amides is 1. The van der Waals surface area contributed by atoms with Gasteiger partial charge in [-0.2, -0.15) is 10.2 Å². The van der Waals surface area contributed by atoms with E-state index in [2.05, 4.69) is 20.7 Å². The van der Waals surface area contributed by atoms with Crippen molar-refractivity contribution in [1.82, 2.24) is 15.6 Å². The van der Waals surface area contributed by atoms with Gasteiger partial charge in [-0.05, 0) is 5.56 Å². The Morgan fingerprint density at radius 1 is 1.42 bits per heavy atom. The van der Waals surface area contributed by atoms with E-state index in [1.165, 1.54) is 6.21 Å². The second kappa shape index (κ2) is 5.54. The van der Waals surface area contributed by atoms with Crippen LogP contribution >= 0.6 is 0 Å². The zero-order valence-electron chi connectivity index (χ0n) is 9.61. The van der Waals surface area contributed by atoms with Crippen LogP contribution in [-0.2, 0) is 0 Å². The summed E-state index contributed by atoms with van der Waals surface area (Å²) in [6.45, 7) is 0. The van der Waals surface area contributed by atoms with Crippen LogP contribution in [0.25, 0.3) is 0 Å². The molecule has 0 saturated carbocycles. The summed E-state index contributed by atoms with van der Waals surface area (Å²) in [4.78, 5) is 21.5. The minimum Gasteiger partial charge on any atom is -0.267 e. The lowest BCUT2D eigenvalue weighted by Crippen LogP contribution is -2.19. The lowest BCUT2D eigenvalue weighted by molar-refractivity contribution is -0.385. The maximum atomic E-state index is 11.6. The average molecular weight is 259 g/mol. The summed E-state index contributed by atoms with van der Waals surface area (Å²) in [5.41, 5.74) is 2.34. The molecule has 8 heteroatoms. The van der Waals surface area contributed by atoms with E-state index < -0.39 is 16.5 Å². The predicted octanol–water partition coefficient (Wildman–Crippen LogP) is 1.08. The number of aromatic amines is 1. The Morgan fingerprint density at radius 2 is 2.16 bits per heavy atom. The molecule has 0 atom stereocenters. The predicted molar refractivity (Wildman–Crippen MR) is 66.7 cm³/mol. The first-order chi connectivity index (χ1) is 9.18. The van der Waals surface area contributed by atoms with Crippen molar-refractivity contribution in [2.75, 3.05) is 0 Å². The molecule has 96 valence electrons. The zero-order valence-corrected chi connectivity index (χ0v) is 9.61. The molecule has 1 aromatic heterocycles. The summed E-state index contributed by atoms with van der Waals surface area (Å²) >= 11 is 0. The Hall–Kier alpha value is -3.03. The molecule has 0 radical (unpaired) electrons. The maximum Gasteiger partial charge on any atom is 0.319 e. The molecule has 0 spiro atoms. The quantitative estimate of drug-likeness (QED) is 0.485. The molecule has 8 nitrogen and oxygen atoms in total. The van der Waals surface area contributed by atoms with Crippen molar-refractivity contribution in [3.05, 3.63) is 57.9 Å². The normalized spacial score (nSPS) is 10.5. The van der Waals surface area contributed by atoms with Crippen molar-refractivity contribution < 1.29 is 9.72 Å². The van der Waals surface area contributed by atoms with Gasteiger partial charge in [-0.15, -0.1) is 0 Å². The topological polar surface area (TPSA) is 113 Å². The van der Waals surface area contributed by atoms with Gasteiger partial charge < -0.3 is 0 Å². The molecule has 0 aliphatic carbocycles. The van der Waals surface area contributed by atoms with Crippen molar-refractivity contribution in [2.45, 2.75) is 0 Å². The Labute approximate surface area is 107 Å². The molecule has 19 heavy (non-hydrogen) atoms. The maximum absolute atomic E-state index is 11.6. The van der Waals surface area contributed by atoms with Gasteiger partial charge in [-0.1, -0.05) is 30.3 Å². The minimum absolute atomic E-state index is 0.241. The highest BCUT2D eigenvalue weighted by atomic mass is 16.6. The molecule has 2 N–H and O–H groups in total. The second-order valence-electron chi connectivity index (χ2n) is 3.50. The molecular formula is C11H9N5O3. The molecular weight excluding hydrogens is 250 g/mol. The van der Waals surface area contributed by atoms with Crippen LogP contribution in [0.2, 0.25) is 0 Å². The molecule has 0 bridgehead atoms. The number of hydrogen-bond acceptors (Lipinski definition) is 5. The van der Waals surface area contributed by atoms with Crippen LogP contribution in [0.5, 0.6) is 0 Å². The SMILES string of the molecule is O=C(NN=Cc1ccccc1)c1[nH]ncc1[N+](=O)[O-]. The third kappa shape index (κ3) is 3.00. The first kappa shape index (κ1) is 12.4. The van der Waals surface area contributed by atoms with Crippen LogP contribution < -0.4 is 5.43 Å². The van der Waals surface area contributed by atoms with Crippen molar-refractivity contribution in [2.24, 2.45) is 5.10 Å². The number of H-pyrrole nitrogens is 1. The van der Waals surface area contributed by atoms with Gasteiger partial charge in [0.05, 0.1) is 11.1 Å². The molecule has 2 rings (SSSR count). The molecule has 0 aliphatic rings. The number of hydrazone groups is 1. The number of nitro groups is 1. The van der Waals surface area contributed by atoms with Crippen LogP contribution in [0.1, 0.15) is 16.1 Å². The Bertz CT molecular complexity index is 620. The first-order valence-corrected chi connectivity index (χ1v) is 5.24. The van der Waals surface area contributed by atoms with Gasteiger partial charge in [-0.3, -0.25) is 20.0 Å². The molecule has 1 heterocycles. The summed E-state index contributed by atoms with van der Waals surface area (Å²) in [6, 6.07) is 9.10. The summed E-state index contributed by atoms with van der Waals surface area (Å²) in [7, 11) is 0. The summed E-state index contributed by atoms with van der Waals surface area (Å²) < 4.78 is 0. The molecule has 0 saturated heterocycles. The number of carbonyl (C=O) groups excluding carboxylic acids is 1. The molecule has 0 unspecified atom stereocenters. The van der Waals surface area contributed by atoms with Crippen LogP contribution in [0.15, 0.2) is 41.6 Å². The van der Waals surface area contributed by atoms with Gasteiger partial charge in [-0.25, -0.2) is 5.43 Å². The van der Waals surface area contributed by atoms with E-state index in [4.69, 9.17) is 0 Å². The highest BCUT2D eigenvalue weighted by Crippen LogP contribution is 2.13. The summed E-state index contributed by atoms with van der Waals surface area (Å²) in [5, 5.41) is 20.0. The summed E-state index contributed by atoms with van der Waals surface area (Å²) in [6.07, 6.45) is 2.40. The highest BCUT2D eigenvalue weighted by Gasteiger charge is 2.22. The minimum atomic E-state index is -0.726. The summed E-state index contributed by atoms with van der Waals surface area (Å²) in [5.74, 6) is -0.726. The van der Waals surface area contributed by atoms with E-state index in [1.54, 1.807) is 12.1 Å². The van der Waals surface area contributed by atoms with Gasteiger partial charge in [0.15, 0.2) is 0 Å². The highest BCUT2D eigenvalue weighted by molar-refractivity contribution is 5.96. The van der Waals surface area contributed by atoms with E-state index in [1.807, 2.05) is 18.2 Å². The fourth-order valence-corrected chi connectivity index (χ4v) is 1.35. The van der Waals surface area contributed by atoms with E-state index in [9.17, 15) is 14.9 Å².